The molecule has 0 radical (unpaired) electrons. The van der Waals surface area contributed by atoms with Crippen LogP contribution < -0.4 is 11.1 Å². The Morgan fingerprint density at radius 3 is 2.52 bits per heavy atom. The molecule has 0 aliphatic heterocycles. The molecule has 21 heavy (non-hydrogen) atoms. The van der Waals surface area contributed by atoms with Gasteiger partial charge in [-0.05, 0) is 37.1 Å². The second kappa shape index (κ2) is 7.49. The van der Waals surface area contributed by atoms with Crippen LogP contribution in [0.4, 0.5) is 5.69 Å². The molecule has 1 aliphatic rings. The first kappa shape index (κ1) is 15.9. The largest absolute Gasteiger partial charge is 0.395 e. The Bertz CT molecular complexity index is 500. The Morgan fingerprint density at radius 1 is 1.38 bits per heavy atom. The van der Waals surface area contributed by atoms with Crippen molar-refractivity contribution in [2.45, 2.75) is 25.3 Å². The highest BCUT2D eigenvalue weighted by Gasteiger charge is 2.25. The molecule has 4 N–H and O–H groups in total. The standard InChI is InChI=1S/C15H21N3O2S/c16-15(21)11-4-6-12(7-5-11)17-14(20)10-18(8-9-19)13-2-1-3-13/h4-7,13,19H,1-3,8-10H2,(H2,16,21)(H,17,20). The van der Waals surface area contributed by atoms with E-state index in [0.29, 0.717) is 24.1 Å². The molecular weight excluding hydrogens is 286 g/mol. The first-order valence-electron chi connectivity index (χ1n) is 7.15. The minimum Gasteiger partial charge on any atom is -0.395 e. The number of hydrogen-bond acceptors (Lipinski definition) is 4. The summed E-state index contributed by atoms with van der Waals surface area (Å²) in [6.07, 6.45) is 3.42. The van der Waals surface area contributed by atoms with Crippen LogP contribution in [0.5, 0.6) is 0 Å². The smallest absolute Gasteiger partial charge is 0.238 e. The highest BCUT2D eigenvalue weighted by atomic mass is 32.1. The maximum Gasteiger partial charge on any atom is 0.238 e. The summed E-state index contributed by atoms with van der Waals surface area (Å²) in [4.78, 5) is 14.5. The Morgan fingerprint density at radius 2 is 2.05 bits per heavy atom. The number of aliphatic hydroxyl groups excluding tert-OH is 1. The van der Waals surface area contributed by atoms with E-state index in [1.165, 1.54) is 6.42 Å². The van der Waals surface area contributed by atoms with E-state index in [2.05, 4.69) is 5.32 Å². The fourth-order valence-electron chi connectivity index (χ4n) is 2.37. The van der Waals surface area contributed by atoms with Crippen LogP contribution in [-0.2, 0) is 4.79 Å². The maximum absolute atomic E-state index is 12.1. The van der Waals surface area contributed by atoms with Crippen LogP contribution in [-0.4, -0.2) is 46.6 Å². The molecule has 0 bridgehead atoms. The van der Waals surface area contributed by atoms with Gasteiger partial charge in [0.25, 0.3) is 0 Å². The molecule has 6 heteroatoms. The molecule has 5 nitrogen and oxygen atoms in total. The molecule has 0 unspecified atom stereocenters. The summed E-state index contributed by atoms with van der Waals surface area (Å²) >= 11 is 4.89. The number of aliphatic hydroxyl groups is 1. The number of benzene rings is 1. The SMILES string of the molecule is NC(=S)c1ccc(NC(=O)CN(CCO)C2CCC2)cc1. The summed E-state index contributed by atoms with van der Waals surface area (Å²) in [6, 6.07) is 7.57. The molecule has 0 spiro atoms. The van der Waals surface area contributed by atoms with Gasteiger partial charge in [-0.25, -0.2) is 0 Å². The van der Waals surface area contributed by atoms with Crippen molar-refractivity contribution in [2.24, 2.45) is 5.73 Å². The monoisotopic (exact) mass is 307 g/mol. The van der Waals surface area contributed by atoms with Crippen LogP contribution in [0.1, 0.15) is 24.8 Å². The molecule has 1 saturated carbocycles. The van der Waals surface area contributed by atoms with E-state index >= 15 is 0 Å². The Balaban J connectivity index is 1.89. The number of rotatable bonds is 7. The van der Waals surface area contributed by atoms with Crippen molar-refractivity contribution in [3.8, 4) is 0 Å². The van der Waals surface area contributed by atoms with Gasteiger partial charge in [0.05, 0.1) is 13.2 Å². The van der Waals surface area contributed by atoms with E-state index < -0.39 is 0 Å². The van der Waals surface area contributed by atoms with Crippen molar-refractivity contribution < 1.29 is 9.90 Å². The molecule has 0 heterocycles. The Hall–Kier alpha value is -1.50. The third-order valence-corrected chi connectivity index (χ3v) is 4.01. The summed E-state index contributed by atoms with van der Waals surface area (Å²) in [5.74, 6) is -0.0709. The van der Waals surface area contributed by atoms with Gasteiger partial charge in [-0.3, -0.25) is 9.69 Å². The van der Waals surface area contributed by atoms with E-state index in [4.69, 9.17) is 23.1 Å². The number of anilines is 1. The van der Waals surface area contributed by atoms with Crippen molar-refractivity contribution in [1.29, 1.82) is 0 Å². The van der Waals surface area contributed by atoms with Crippen molar-refractivity contribution in [3.05, 3.63) is 29.8 Å². The van der Waals surface area contributed by atoms with Crippen molar-refractivity contribution in [3.63, 3.8) is 0 Å². The quantitative estimate of drug-likeness (QED) is 0.658. The number of nitrogens with one attached hydrogen (secondary N) is 1. The fraction of sp³-hybridized carbons (Fsp3) is 0.467. The number of thiocarbonyl (C=S) groups is 1. The van der Waals surface area contributed by atoms with E-state index in [9.17, 15) is 4.79 Å². The van der Waals surface area contributed by atoms with Gasteiger partial charge in [-0.1, -0.05) is 18.6 Å². The van der Waals surface area contributed by atoms with Gasteiger partial charge in [-0.15, -0.1) is 0 Å². The van der Waals surface area contributed by atoms with Crippen molar-refractivity contribution in [2.75, 3.05) is 25.0 Å². The zero-order valence-electron chi connectivity index (χ0n) is 11.9. The summed E-state index contributed by atoms with van der Waals surface area (Å²) in [7, 11) is 0. The molecule has 1 aromatic rings. The molecule has 0 aromatic heterocycles. The van der Waals surface area contributed by atoms with Gasteiger partial charge in [0.2, 0.25) is 5.91 Å². The van der Waals surface area contributed by atoms with Crippen LogP contribution in [0.25, 0.3) is 0 Å². The predicted octanol–water partition coefficient (Wildman–Crippen LogP) is 1.11. The van der Waals surface area contributed by atoms with E-state index in [1.54, 1.807) is 24.3 Å². The third-order valence-electron chi connectivity index (χ3n) is 3.78. The lowest BCUT2D eigenvalue weighted by Gasteiger charge is -2.36. The molecule has 2 rings (SSSR count). The van der Waals surface area contributed by atoms with E-state index in [-0.39, 0.29) is 12.5 Å². The van der Waals surface area contributed by atoms with Gasteiger partial charge < -0.3 is 16.2 Å². The van der Waals surface area contributed by atoms with Gasteiger partial charge in [0, 0.05) is 23.8 Å². The van der Waals surface area contributed by atoms with Gasteiger partial charge >= 0.3 is 0 Å². The second-order valence-corrected chi connectivity index (χ2v) is 5.71. The molecule has 0 saturated heterocycles. The van der Waals surface area contributed by atoms with E-state index in [0.717, 1.165) is 24.1 Å². The lowest BCUT2D eigenvalue weighted by Crippen LogP contribution is -2.45. The first-order valence-corrected chi connectivity index (χ1v) is 7.55. The minimum absolute atomic E-state index is 0.0709. The van der Waals surface area contributed by atoms with Crippen LogP contribution in [0.3, 0.4) is 0 Å². The van der Waals surface area contributed by atoms with Crippen molar-refractivity contribution >= 4 is 28.8 Å². The molecule has 1 aromatic carbocycles. The van der Waals surface area contributed by atoms with Gasteiger partial charge in [0.1, 0.15) is 4.99 Å². The highest BCUT2D eigenvalue weighted by molar-refractivity contribution is 7.80. The van der Waals surface area contributed by atoms with Crippen LogP contribution in [0.15, 0.2) is 24.3 Å². The Kier molecular flexibility index (Phi) is 5.67. The number of carbonyl (C=O) groups is 1. The molecule has 0 atom stereocenters. The topological polar surface area (TPSA) is 78.6 Å². The number of nitrogens with two attached hydrogens (primary N) is 1. The van der Waals surface area contributed by atoms with Gasteiger partial charge in [0.15, 0.2) is 0 Å². The Labute approximate surface area is 130 Å². The summed E-state index contributed by atoms with van der Waals surface area (Å²) in [5, 5.41) is 11.9. The lowest BCUT2D eigenvalue weighted by atomic mass is 9.91. The van der Waals surface area contributed by atoms with Crippen LogP contribution in [0, 0.1) is 0 Å². The normalized spacial score (nSPS) is 14.8. The highest BCUT2D eigenvalue weighted by Crippen LogP contribution is 2.24. The fourth-order valence-corrected chi connectivity index (χ4v) is 2.51. The van der Waals surface area contributed by atoms with Crippen LogP contribution in [0.2, 0.25) is 0 Å². The molecule has 1 amide bonds. The van der Waals surface area contributed by atoms with Crippen molar-refractivity contribution in [1.82, 2.24) is 4.90 Å². The zero-order chi connectivity index (χ0) is 15.2. The average molecular weight is 307 g/mol. The number of carbonyl (C=O) groups excluding carboxylic acids is 1. The molecular formula is C15H21N3O2S. The maximum atomic E-state index is 12.1. The molecule has 114 valence electrons. The molecule has 1 aliphatic carbocycles. The third kappa shape index (κ3) is 4.49. The predicted molar refractivity (Wildman–Crippen MR) is 87.3 cm³/mol. The second-order valence-electron chi connectivity index (χ2n) is 5.27. The number of amides is 1. The summed E-state index contributed by atoms with van der Waals surface area (Å²) in [5.41, 5.74) is 7.03. The van der Waals surface area contributed by atoms with Crippen LogP contribution >= 0.6 is 12.2 Å². The number of nitrogens with zero attached hydrogens (tertiary/aromatic N) is 1. The lowest BCUT2D eigenvalue weighted by molar-refractivity contribution is -0.118. The van der Waals surface area contributed by atoms with Gasteiger partial charge in [-0.2, -0.15) is 0 Å². The van der Waals surface area contributed by atoms with E-state index in [1.807, 2.05) is 4.90 Å². The molecule has 1 fully saturated rings. The first-order chi connectivity index (χ1) is 10.1. The minimum atomic E-state index is -0.0709. The summed E-state index contributed by atoms with van der Waals surface area (Å²) < 4.78 is 0. The number of hydrogen-bond donors (Lipinski definition) is 3. The average Bonchev–Trinajstić information content (AvgIpc) is 2.37. The summed E-state index contributed by atoms with van der Waals surface area (Å²) in [6.45, 7) is 0.924. The zero-order valence-corrected chi connectivity index (χ0v) is 12.7.